The topological polar surface area (TPSA) is 33.1 Å². The predicted octanol–water partition coefficient (Wildman–Crippen LogP) is 2.00. The van der Waals surface area contributed by atoms with E-state index in [1.54, 1.807) is 0 Å². The molecule has 0 unspecified atom stereocenters. The molecule has 0 aliphatic carbocycles. The van der Waals surface area contributed by atoms with Gasteiger partial charge >= 0.3 is 6.18 Å². The summed E-state index contributed by atoms with van der Waals surface area (Å²) >= 11 is 0. The lowest BCUT2D eigenvalue weighted by Gasteiger charge is -2.28. The second-order valence-electron chi connectivity index (χ2n) is 4.91. The number of benzene rings is 1. The number of aryl methyl sites for hydroxylation is 1. The number of hydrogen-bond donors (Lipinski definition) is 1. The molecule has 1 N–H and O–H groups in total. The van der Waals surface area contributed by atoms with Gasteiger partial charge in [0.05, 0.1) is 16.6 Å². The van der Waals surface area contributed by atoms with E-state index in [0.717, 1.165) is 44.3 Å². The molecule has 4 nitrogen and oxygen atoms in total. The molecule has 1 aromatic carbocycles. The normalized spacial score (nSPS) is 16.9. The third kappa shape index (κ3) is 2.22. The molecule has 2 aromatic rings. The maximum absolute atomic E-state index is 12.7. The Labute approximate surface area is 114 Å². The van der Waals surface area contributed by atoms with Crippen molar-refractivity contribution in [1.82, 2.24) is 14.9 Å². The summed E-state index contributed by atoms with van der Waals surface area (Å²) in [5, 5.41) is 3.24. The molecule has 0 spiro atoms. The lowest BCUT2D eigenvalue weighted by molar-refractivity contribution is -0.137. The van der Waals surface area contributed by atoms with Crippen molar-refractivity contribution in [2.75, 3.05) is 31.1 Å². The molecular weight excluding hydrogens is 269 g/mol. The van der Waals surface area contributed by atoms with Crippen molar-refractivity contribution in [3.63, 3.8) is 0 Å². The SMILES string of the molecule is Cn1c(N2CCNCC2)nc2cc(C(F)(F)F)ccc21. The van der Waals surface area contributed by atoms with Crippen molar-refractivity contribution in [1.29, 1.82) is 0 Å². The highest BCUT2D eigenvalue weighted by molar-refractivity contribution is 5.79. The third-order valence-corrected chi connectivity index (χ3v) is 3.58. The molecule has 1 aliphatic rings. The molecule has 1 aliphatic heterocycles. The summed E-state index contributed by atoms with van der Waals surface area (Å²) in [4.78, 5) is 6.46. The number of alkyl halides is 3. The van der Waals surface area contributed by atoms with Gasteiger partial charge < -0.3 is 14.8 Å². The number of imidazole rings is 1. The molecule has 0 saturated carbocycles. The van der Waals surface area contributed by atoms with Crippen LogP contribution in [0.5, 0.6) is 0 Å². The van der Waals surface area contributed by atoms with Crippen molar-refractivity contribution in [2.24, 2.45) is 7.05 Å². The van der Waals surface area contributed by atoms with Crippen LogP contribution in [0, 0.1) is 0 Å². The molecule has 0 radical (unpaired) electrons. The fourth-order valence-corrected chi connectivity index (χ4v) is 2.51. The van der Waals surface area contributed by atoms with Crippen molar-refractivity contribution in [3.05, 3.63) is 23.8 Å². The molecule has 0 atom stereocenters. The number of halogens is 3. The number of piperazine rings is 1. The lowest BCUT2D eigenvalue weighted by Crippen LogP contribution is -2.44. The van der Waals surface area contributed by atoms with E-state index < -0.39 is 11.7 Å². The zero-order valence-corrected chi connectivity index (χ0v) is 11.0. The van der Waals surface area contributed by atoms with Crippen LogP contribution < -0.4 is 10.2 Å². The van der Waals surface area contributed by atoms with Crippen molar-refractivity contribution in [2.45, 2.75) is 6.18 Å². The van der Waals surface area contributed by atoms with Crippen LogP contribution in [0.3, 0.4) is 0 Å². The highest BCUT2D eigenvalue weighted by Gasteiger charge is 2.31. The molecule has 108 valence electrons. The van der Waals surface area contributed by atoms with E-state index in [-0.39, 0.29) is 0 Å². The summed E-state index contributed by atoms with van der Waals surface area (Å²) in [7, 11) is 1.83. The zero-order valence-electron chi connectivity index (χ0n) is 11.0. The number of fused-ring (bicyclic) bond motifs is 1. The van der Waals surface area contributed by atoms with E-state index in [2.05, 4.69) is 15.2 Å². The van der Waals surface area contributed by atoms with Gasteiger partial charge in [-0.25, -0.2) is 4.98 Å². The quantitative estimate of drug-likeness (QED) is 0.869. The Morgan fingerprint density at radius 1 is 1.20 bits per heavy atom. The van der Waals surface area contributed by atoms with Gasteiger partial charge in [-0.2, -0.15) is 13.2 Å². The van der Waals surface area contributed by atoms with Crippen LogP contribution in [-0.4, -0.2) is 35.7 Å². The molecule has 2 heterocycles. The van der Waals surface area contributed by atoms with E-state index >= 15 is 0 Å². The summed E-state index contributed by atoms with van der Waals surface area (Å²) in [6.07, 6.45) is -4.33. The van der Waals surface area contributed by atoms with Crippen LogP contribution in [-0.2, 0) is 13.2 Å². The summed E-state index contributed by atoms with van der Waals surface area (Å²) in [6.45, 7) is 3.33. The molecule has 3 rings (SSSR count). The standard InChI is InChI=1S/C13H15F3N4/c1-19-11-3-2-9(13(14,15)16)8-10(11)18-12(19)20-6-4-17-5-7-20/h2-3,8,17H,4-7H2,1H3. The molecule has 1 fully saturated rings. The smallest absolute Gasteiger partial charge is 0.340 e. The van der Waals surface area contributed by atoms with Gasteiger partial charge in [0.25, 0.3) is 0 Å². The highest BCUT2D eigenvalue weighted by Crippen LogP contribution is 2.32. The maximum Gasteiger partial charge on any atom is 0.416 e. The molecule has 20 heavy (non-hydrogen) atoms. The van der Waals surface area contributed by atoms with Crippen LogP contribution >= 0.6 is 0 Å². The van der Waals surface area contributed by atoms with Crippen LogP contribution in [0.15, 0.2) is 18.2 Å². The van der Waals surface area contributed by atoms with E-state index in [1.165, 1.54) is 6.07 Å². The van der Waals surface area contributed by atoms with Gasteiger partial charge in [-0.1, -0.05) is 0 Å². The van der Waals surface area contributed by atoms with Gasteiger partial charge in [-0.15, -0.1) is 0 Å². The first-order valence-electron chi connectivity index (χ1n) is 6.46. The van der Waals surface area contributed by atoms with Crippen LogP contribution in [0.4, 0.5) is 19.1 Å². The fraction of sp³-hybridized carbons (Fsp3) is 0.462. The maximum atomic E-state index is 12.7. The summed E-state index contributed by atoms with van der Waals surface area (Å²) in [6, 6.07) is 3.70. The molecule has 0 amide bonds. The average Bonchev–Trinajstić information content (AvgIpc) is 2.76. The molecular formula is C13H15F3N4. The molecule has 0 bridgehead atoms. The van der Waals surface area contributed by atoms with Gasteiger partial charge in [-0.05, 0) is 18.2 Å². The monoisotopic (exact) mass is 284 g/mol. The van der Waals surface area contributed by atoms with E-state index in [4.69, 9.17) is 0 Å². The van der Waals surface area contributed by atoms with Crippen LogP contribution in [0.25, 0.3) is 11.0 Å². The number of hydrogen-bond acceptors (Lipinski definition) is 3. The minimum Gasteiger partial charge on any atom is -0.340 e. The number of anilines is 1. The molecule has 7 heteroatoms. The number of nitrogens with zero attached hydrogens (tertiary/aromatic N) is 3. The van der Waals surface area contributed by atoms with Crippen molar-refractivity contribution >= 4 is 17.0 Å². The van der Waals surface area contributed by atoms with Crippen LogP contribution in [0.1, 0.15) is 5.56 Å². The molecule has 1 aromatic heterocycles. The Bertz CT molecular complexity index is 626. The number of nitrogens with one attached hydrogen (secondary N) is 1. The Kier molecular flexibility index (Phi) is 3.08. The van der Waals surface area contributed by atoms with E-state index in [0.29, 0.717) is 11.0 Å². The number of rotatable bonds is 1. The first-order chi connectivity index (χ1) is 9.47. The Morgan fingerprint density at radius 3 is 2.55 bits per heavy atom. The second-order valence-corrected chi connectivity index (χ2v) is 4.91. The van der Waals surface area contributed by atoms with Gasteiger partial charge in [-0.3, -0.25) is 0 Å². The lowest BCUT2D eigenvalue weighted by atomic mass is 10.2. The number of aromatic nitrogens is 2. The average molecular weight is 284 g/mol. The summed E-state index contributed by atoms with van der Waals surface area (Å²) in [5.41, 5.74) is 0.442. The first-order valence-corrected chi connectivity index (χ1v) is 6.46. The van der Waals surface area contributed by atoms with Crippen molar-refractivity contribution in [3.8, 4) is 0 Å². The summed E-state index contributed by atoms with van der Waals surface area (Å²) < 4.78 is 40.0. The minimum absolute atomic E-state index is 0.385. The summed E-state index contributed by atoms with van der Waals surface area (Å²) in [5.74, 6) is 0.723. The third-order valence-electron chi connectivity index (χ3n) is 3.58. The van der Waals surface area contributed by atoms with Crippen molar-refractivity contribution < 1.29 is 13.2 Å². The minimum atomic E-state index is -4.33. The Hall–Kier alpha value is -1.76. The first kappa shape index (κ1) is 13.2. The predicted molar refractivity (Wildman–Crippen MR) is 70.8 cm³/mol. The largest absolute Gasteiger partial charge is 0.416 e. The Morgan fingerprint density at radius 2 is 1.90 bits per heavy atom. The van der Waals surface area contributed by atoms with Gasteiger partial charge in [0, 0.05) is 33.2 Å². The van der Waals surface area contributed by atoms with Gasteiger partial charge in [0.1, 0.15) is 0 Å². The van der Waals surface area contributed by atoms with E-state index in [1.807, 2.05) is 11.6 Å². The Balaban J connectivity index is 2.04. The van der Waals surface area contributed by atoms with Gasteiger partial charge in [0.15, 0.2) is 0 Å². The zero-order chi connectivity index (χ0) is 14.3. The van der Waals surface area contributed by atoms with E-state index in [9.17, 15) is 13.2 Å². The second kappa shape index (κ2) is 4.66. The van der Waals surface area contributed by atoms with Gasteiger partial charge in [0.2, 0.25) is 5.95 Å². The fourth-order valence-electron chi connectivity index (χ4n) is 2.51. The molecule has 1 saturated heterocycles. The van der Waals surface area contributed by atoms with Crippen LogP contribution in [0.2, 0.25) is 0 Å². The highest BCUT2D eigenvalue weighted by atomic mass is 19.4.